The van der Waals surface area contributed by atoms with Gasteiger partial charge in [0, 0.05) is 0 Å². The maximum Gasteiger partial charge on any atom is 0.137 e. The molecule has 0 heterocycles. The van der Waals surface area contributed by atoms with Gasteiger partial charge in [-0.15, -0.1) is 46.4 Å². The van der Waals surface area contributed by atoms with Crippen LogP contribution in [0.5, 0.6) is 5.75 Å². The second-order valence-corrected chi connectivity index (χ2v) is 4.86. The molecule has 6 heteroatoms. The van der Waals surface area contributed by atoms with E-state index in [2.05, 4.69) is 0 Å². The highest BCUT2D eigenvalue weighted by Gasteiger charge is 2.06. The number of hydrogen-bond acceptors (Lipinski definition) is 1. The smallest absolute Gasteiger partial charge is 0.137 e. The van der Waals surface area contributed by atoms with Gasteiger partial charge in [-0.1, -0.05) is 23.7 Å². The Kier molecular flexibility index (Phi) is 7.98. The van der Waals surface area contributed by atoms with Crippen molar-refractivity contribution >= 4 is 58.0 Å². The lowest BCUT2D eigenvalue weighted by molar-refractivity contribution is 0.475. The maximum atomic E-state index is 8.79. The van der Waals surface area contributed by atoms with E-state index in [4.69, 9.17) is 63.1 Å². The molecule has 0 aromatic heterocycles. The lowest BCUT2D eigenvalue weighted by Crippen LogP contribution is -1.96. The van der Waals surface area contributed by atoms with Crippen molar-refractivity contribution in [2.75, 3.05) is 0 Å². The van der Waals surface area contributed by atoms with Crippen molar-refractivity contribution in [3.05, 3.63) is 29.3 Å². The molecule has 1 aromatic rings. The minimum Gasteiger partial charge on any atom is -0.506 e. The molecule has 0 unspecified atom stereocenters. The number of phenolic OH excluding ortho intramolecular Hbond substituents is 1. The van der Waals surface area contributed by atoms with Crippen molar-refractivity contribution in [1.82, 2.24) is 0 Å². The van der Waals surface area contributed by atoms with Gasteiger partial charge in [0.2, 0.25) is 0 Å². The van der Waals surface area contributed by atoms with Crippen molar-refractivity contribution in [3.8, 4) is 5.75 Å². The zero-order chi connectivity index (χ0) is 11.1. The van der Waals surface area contributed by atoms with Gasteiger partial charge in [-0.05, 0) is 12.1 Å². The van der Waals surface area contributed by atoms with Crippen LogP contribution < -0.4 is 0 Å². The molecule has 1 aromatic carbocycles. The number of alkyl halides is 4. The molecule has 0 saturated heterocycles. The largest absolute Gasteiger partial charge is 0.506 e. The van der Waals surface area contributed by atoms with Crippen LogP contribution in [0, 0.1) is 0 Å². The van der Waals surface area contributed by atoms with Crippen molar-refractivity contribution < 1.29 is 5.11 Å². The summed E-state index contributed by atoms with van der Waals surface area (Å²) < 4.78 is 0. The molecule has 80 valence electrons. The highest BCUT2D eigenvalue weighted by atomic mass is 35.5. The van der Waals surface area contributed by atoms with Gasteiger partial charge < -0.3 is 5.11 Å². The first-order valence-electron chi connectivity index (χ1n) is 3.45. The second kappa shape index (κ2) is 7.72. The summed E-state index contributed by atoms with van der Waals surface area (Å²) in [7, 11) is 0. The van der Waals surface area contributed by atoms with Gasteiger partial charge in [-0.25, -0.2) is 0 Å². The summed E-state index contributed by atoms with van der Waals surface area (Å²) in [4.78, 5) is -1.35. The summed E-state index contributed by atoms with van der Waals surface area (Å²) in [6.45, 7) is 0. The van der Waals surface area contributed by atoms with Crippen LogP contribution in [-0.4, -0.2) is 14.8 Å². The predicted octanol–water partition coefficient (Wildman–Crippen LogP) is 4.64. The molecule has 1 rings (SSSR count). The van der Waals surface area contributed by atoms with Crippen LogP contribution in [0.3, 0.4) is 0 Å². The highest BCUT2D eigenvalue weighted by molar-refractivity contribution is 6.56. The molecule has 1 nitrogen and oxygen atoms in total. The standard InChI is InChI=1S/C6H5ClO.C2H2Cl4/c7-5-3-1-2-4-6(5)8;3-1(4)2(5)6/h1-4,8H;1-2H. The Morgan fingerprint density at radius 2 is 1.36 bits per heavy atom. The Balaban J connectivity index is 0.000000255. The van der Waals surface area contributed by atoms with Crippen LogP contribution in [0.1, 0.15) is 0 Å². The van der Waals surface area contributed by atoms with Crippen LogP contribution >= 0.6 is 58.0 Å². The van der Waals surface area contributed by atoms with E-state index >= 15 is 0 Å². The Hall–Kier alpha value is 0.470. The van der Waals surface area contributed by atoms with E-state index in [0.717, 1.165) is 0 Å². The Morgan fingerprint density at radius 1 is 0.929 bits per heavy atom. The molecule has 0 fully saturated rings. The number of phenols is 1. The Morgan fingerprint density at radius 3 is 1.57 bits per heavy atom. The molecule has 0 radical (unpaired) electrons. The summed E-state index contributed by atoms with van der Waals surface area (Å²) in [6, 6.07) is 6.67. The molecular weight excluding hydrogens is 289 g/mol. The Bertz CT molecular complexity index is 237. The minimum absolute atomic E-state index is 0.133. The SMILES string of the molecule is ClC(Cl)C(Cl)Cl.Oc1ccccc1Cl. The van der Waals surface area contributed by atoms with Crippen molar-refractivity contribution in [3.63, 3.8) is 0 Å². The van der Waals surface area contributed by atoms with Gasteiger partial charge in [0.25, 0.3) is 0 Å². The number of rotatable bonds is 1. The van der Waals surface area contributed by atoms with Crippen LogP contribution in [0.2, 0.25) is 5.02 Å². The molecular formula is C8H7Cl5O. The lowest BCUT2D eigenvalue weighted by Gasteiger charge is -1.95. The van der Waals surface area contributed by atoms with E-state index in [1.54, 1.807) is 24.3 Å². The fourth-order valence-corrected chi connectivity index (χ4v) is 0.587. The number of benzene rings is 1. The van der Waals surface area contributed by atoms with Gasteiger partial charge in [0.1, 0.15) is 15.4 Å². The van der Waals surface area contributed by atoms with Gasteiger partial charge in [0.05, 0.1) is 5.02 Å². The van der Waals surface area contributed by atoms with Crippen LogP contribution in [0.25, 0.3) is 0 Å². The average molecular weight is 296 g/mol. The molecule has 0 amide bonds. The van der Waals surface area contributed by atoms with Crippen molar-refractivity contribution in [2.45, 2.75) is 9.67 Å². The topological polar surface area (TPSA) is 20.2 Å². The van der Waals surface area contributed by atoms with E-state index in [0.29, 0.717) is 5.02 Å². The molecule has 0 spiro atoms. The summed E-state index contributed by atoms with van der Waals surface area (Å²) in [5.74, 6) is 0.133. The highest BCUT2D eigenvalue weighted by Crippen LogP contribution is 2.20. The molecule has 0 aliphatic carbocycles. The molecule has 0 atom stereocenters. The zero-order valence-electron chi connectivity index (χ0n) is 6.80. The zero-order valence-corrected chi connectivity index (χ0v) is 10.6. The maximum absolute atomic E-state index is 8.79. The summed E-state index contributed by atoms with van der Waals surface area (Å²) in [6.07, 6.45) is 0. The number of hydrogen-bond donors (Lipinski definition) is 1. The van der Waals surface area contributed by atoms with E-state index in [1.165, 1.54) is 0 Å². The van der Waals surface area contributed by atoms with Gasteiger partial charge in [-0.3, -0.25) is 0 Å². The monoisotopic (exact) mass is 294 g/mol. The fourth-order valence-electron chi connectivity index (χ4n) is 0.452. The number of para-hydroxylation sites is 1. The normalized spacial score (nSPS) is 9.93. The summed E-state index contributed by atoms with van der Waals surface area (Å²) in [5, 5.41) is 9.18. The van der Waals surface area contributed by atoms with Crippen LogP contribution in [0.4, 0.5) is 0 Å². The summed E-state index contributed by atoms with van der Waals surface area (Å²) >= 11 is 25.9. The first-order valence-corrected chi connectivity index (χ1v) is 5.57. The first kappa shape index (κ1) is 14.5. The van der Waals surface area contributed by atoms with Gasteiger partial charge >= 0.3 is 0 Å². The third kappa shape index (κ3) is 6.86. The fraction of sp³-hybridized carbons (Fsp3) is 0.250. The molecule has 0 aliphatic rings. The molecule has 0 bridgehead atoms. The van der Waals surface area contributed by atoms with Gasteiger partial charge in [0.15, 0.2) is 0 Å². The number of halogens is 5. The molecule has 0 saturated carbocycles. The van der Waals surface area contributed by atoms with Crippen molar-refractivity contribution in [1.29, 1.82) is 0 Å². The van der Waals surface area contributed by atoms with Crippen LogP contribution in [0.15, 0.2) is 24.3 Å². The average Bonchev–Trinajstić information content (AvgIpc) is 2.11. The summed E-state index contributed by atoms with van der Waals surface area (Å²) in [5.41, 5.74) is 0. The van der Waals surface area contributed by atoms with Crippen molar-refractivity contribution in [2.24, 2.45) is 0 Å². The van der Waals surface area contributed by atoms with E-state index in [1.807, 2.05) is 0 Å². The second-order valence-electron chi connectivity index (χ2n) is 2.12. The third-order valence-electron chi connectivity index (χ3n) is 1.04. The first-order chi connectivity index (χ1) is 6.45. The Labute approximate surface area is 107 Å². The lowest BCUT2D eigenvalue weighted by atomic mass is 10.3. The van der Waals surface area contributed by atoms with E-state index in [9.17, 15) is 0 Å². The molecule has 14 heavy (non-hydrogen) atoms. The third-order valence-corrected chi connectivity index (χ3v) is 2.89. The minimum atomic E-state index is -0.673. The van der Waals surface area contributed by atoms with Crippen LogP contribution in [-0.2, 0) is 0 Å². The number of aromatic hydroxyl groups is 1. The molecule has 0 aliphatic heterocycles. The van der Waals surface area contributed by atoms with E-state index < -0.39 is 9.67 Å². The van der Waals surface area contributed by atoms with E-state index in [-0.39, 0.29) is 5.75 Å². The molecule has 1 N–H and O–H groups in total. The predicted molar refractivity (Wildman–Crippen MR) is 64.1 cm³/mol. The quantitative estimate of drug-likeness (QED) is 0.749. The van der Waals surface area contributed by atoms with Gasteiger partial charge in [-0.2, -0.15) is 0 Å².